The van der Waals surface area contributed by atoms with Crippen LogP contribution in [0.5, 0.6) is 0 Å². The number of benzene rings is 2. The molecule has 0 aromatic heterocycles. The van der Waals surface area contributed by atoms with Crippen molar-refractivity contribution in [2.24, 2.45) is 5.92 Å². The number of carbonyl (C=O) groups excluding carboxylic acids is 2. The molecule has 1 unspecified atom stereocenters. The van der Waals surface area contributed by atoms with E-state index in [4.69, 9.17) is 0 Å². The Balaban J connectivity index is 1.38. The molecule has 1 fully saturated rings. The minimum atomic E-state index is -3.71. The van der Waals surface area contributed by atoms with Crippen LogP contribution in [0.2, 0.25) is 0 Å². The van der Waals surface area contributed by atoms with Gasteiger partial charge in [-0.3, -0.25) is 9.59 Å². The molecule has 2 aromatic carbocycles. The Morgan fingerprint density at radius 2 is 1.91 bits per heavy atom. The molecule has 176 valence electrons. The number of carbonyl (C=O) groups is 2. The van der Waals surface area contributed by atoms with Crippen LogP contribution in [0.25, 0.3) is 0 Å². The zero-order valence-electron chi connectivity index (χ0n) is 19.0. The van der Waals surface area contributed by atoms with Crippen molar-refractivity contribution in [1.82, 2.24) is 9.62 Å². The molecule has 0 saturated carbocycles. The third-order valence-electron chi connectivity index (χ3n) is 6.43. The van der Waals surface area contributed by atoms with Crippen LogP contribution < -0.4 is 10.6 Å². The van der Waals surface area contributed by atoms with E-state index >= 15 is 0 Å². The van der Waals surface area contributed by atoms with Crippen molar-refractivity contribution >= 4 is 27.5 Å². The Hall–Kier alpha value is -2.71. The number of hydrogen-bond donors (Lipinski definition) is 2. The fourth-order valence-corrected chi connectivity index (χ4v) is 6.04. The second-order valence-corrected chi connectivity index (χ2v) is 10.9. The predicted octanol–water partition coefficient (Wildman–Crippen LogP) is 3.03. The molecule has 0 aliphatic carbocycles. The van der Waals surface area contributed by atoms with E-state index in [1.807, 2.05) is 6.92 Å². The zero-order chi connectivity index (χ0) is 23.4. The largest absolute Gasteiger partial charge is 0.355 e. The number of nitrogens with one attached hydrogen (secondary N) is 2. The second-order valence-electron chi connectivity index (χ2n) is 8.95. The number of fused-ring (bicyclic) bond motifs is 1. The molecule has 1 saturated heterocycles. The summed E-state index contributed by atoms with van der Waals surface area (Å²) in [6, 6.07) is 13.1. The maximum Gasteiger partial charge on any atom is 0.243 e. The molecular formula is C25H31N3O4S. The average Bonchev–Trinajstić information content (AvgIpc) is 3.00. The van der Waals surface area contributed by atoms with E-state index in [1.165, 1.54) is 9.87 Å². The highest BCUT2D eigenvalue weighted by Crippen LogP contribution is 2.29. The molecule has 0 radical (unpaired) electrons. The molecule has 8 heteroatoms. The van der Waals surface area contributed by atoms with E-state index < -0.39 is 10.0 Å². The first-order valence-electron chi connectivity index (χ1n) is 11.6. The Morgan fingerprint density at radius 3 is 2.70 bits per heavy atom. The first-order chi connectivity index (χ1) is 15.8. The van der Waals surface area contributed by atoms with Gasteiger partial charge in [0.15, 0.2) is 0 Å². The highest BCUT2D eigenvalue weighted by molar-refractivity contribution is 7.89. The number of aryl methyl sites for hydroxylation is 2. The van der Waals surface area contributed by atoms with Gasteiger partial charge in [0, 0.05) is 31.7 Å². The number of amides is 2. The van der Waals surface area contributed by atoms with Gasteiger partial charge >= 0.3 is 0 Å². The molecule has 2 heterocycles. The fourth-order valence-electron chi connectivity index (χ4n) is 4.46. The molecule has 0 spiro atoms. The molecule has 4 rings (SSSR count). The van der Waals surface area contributed by atoms with Gasteiger partial charge in [-0.1, -0.05) is 29.8 Å². The summed E-state index contributed by atoms with van der Waals surface area (Å²) in [5.41, 5.74) is 3.88. The maximum atomic E-state index is 13.3. The van der Waals surface area contributed by atoms with E-state index in [-0.39, 0.29) is 29.2 Å². The zero-order valence-corrected chi connectivity index (χ0v) is 19.8. The summed E-state index contributed by atoms with van der Waals surface area (Å²) in [5, 5.41) is 5.81. The number of piperidine rings is 1. The van der Waals surface area contributed by atoms with Crippen molar-refractivity contribution in [1.29, 1.82) is 0 Å². The molecular weight excluding hydrogens is 438 g/mol. The predicted molar refractivity (Wildman–Crippen MR) is 127 cm³/mol. The number of sulfonamides is 1. The van der Waals surface area contributed by atoms with Gasteiger partial charge in [0.1, 0.15) is 0 Å². The van der Waals surface area contributed by atoms with Gasteiger partial charge < -0.3 is 10.6 Å². The van der Waals surface area contributed by atoms with Crippen molar-refractivity contribution in [2.75, 3.05) is 25.0 Å². The molecule has 0 bridgehead atoms. The molecule has 1 atom stereocenters. The van der Waals surface area contributed by atoms with Crippen LogP contribution in [0.1, 0.15) is 42.4 Å². The van der Waals surface area contributed by atoms with Crippen LogP contribution in [0.3, 0.4) is 0 Å². The number of hydrogen-bond acceptors (Lipinski definition) is 4. The quantitative estimate of drug-likeness (QED) is 0.680. The maximum absolute atomic E-state index is 13.3. The molecule has 2 aromatic rings. The highest BCUT2D eigenvalue weighted by atomic mass is 32.2. The van der Waals surface area contributed by atoms with Crippen LogP contribution in [-0.4, -0.2) is 44.2 Å². The minimum Gasteiger partial charge on any atom is -0.355 e. The molecule has 2 aliphatic rings. The lowest BCUT2D eigenvalue weighted by Gasteiger charge is -2.31. The van der Waals surface area contributed by atoms with Gasteiger partial charge in [-0.15, -0.1) is 0 Å². The van der Waals surface area contributed by atoms with E-state index in [0.717, 1.165) is 17.5 Å². The lowest BCUT2D eigenvalue weighted by atomic mass is 9.98. The van der Waals surface area contributed by atoms with Gasteiger partial charge in [-0.25, -0.2) is 8.42 Å². The number of anilines is 1. The SMILES string of the molecule is Cc1ccc(CCNC(=O)C2CCCN(S(=O)(=O)c3ccc4c(c3)CCCC(=O)N4)C2)cc1. The van der Waals surface area contributed by atoms with Crippen LogP contribution in [0, 0.1) is 12.8 Å². The Bertz CT molecular complexity index is 1130. The first-order valence-corrected chi connectivity index (χ1v) is 13.0. The summed E-state index contributed by atoms with van der Waals surface area (Å²) in [7, 11) is -3.71. The summed E-state index contributed by atoms with van der Waals surface area (Å²) in [5.74, 6) is -0.491. The minimum absolute atomic E-state index is 0.0448. The molecule has 33 heavy (non-hydrogen) atoms. The summed E-state index contributed by atoms with van der Waals surface area (Å²) >= 11 is 0. The van der Waals surface area contributed by atoms with Gasteiger partial charge in [0.25, 0.3) is 0 Å². The summed E-state index contributed by atoms with van der Waals surface area (Å²) in [4.78, 5) is 24.7. The second kappa shape index (κ2) is 10.1. The normalized spacial score (nSPS) is 19.3. The lowest BCUT2D eigenvalue weighted by molar-refractivity contribution is -0.126. The lowest BCUT2D eigenvalue weighted by Crippen LogP contribution is -2.45. The van der Waals surface area contributed by atoms with Crippen molar-refractivity contribution in [2.45, 2.75) is 50.3 Å². The highest BCUT2D eigenvalue weighted by Gasteiger charge is 2.33. The van der Waals surface area contributed by atoms with E-state index in [1.54, 1.807) is 18.2 Å². The van der Waals surface area contributed by atoms with E-state index in [0.29, 0.717) is 50.9 Å². The monoisotopic (exact) mass is 469 g/mol. The molecule has 2 amide bonds. The Kier molecular flexibility index (Phi) is 7.14. The van der Waals surface area contributed by atoms with Gasteiger partial charge in [-0.05, 0) is 68.4 Å². The Morgan fingerprint density at radius 1 is 1.12 bits per heavy atom. The number of nitrogens with zero attached hydrogens (tertiary/aromatic N) is 1. The van der Waals surface area contributed by atoms with Crippen molar-refractivity contribution in [3.8, 4) is 0 Å². The van der Waals surface area contributed by atoms with Crippen LogP contribution in [-0.2, 0) is 32.5 Å². The first kappa shape index (κ1) is 23.4. The standard InChI is InChI=1S/C25H31N3O4S/c1-18-7-9-19(10-8-18)13-14-26-25(30)21-5-3-15-28(17-21)33(31,32)22-11-12-23-20(16-22)4-2-6-24(29)27-23/h7-12,16,21H,2-6,13-15,17H2,1H3,(H,26,30)(H,27,29). The van der Waals surface area contributed by atoms with Crippen LogP contribution in [0.4, 0.5) is 5.69 Å². The van der Waals surface area contributed by atoms with E-state index in [9.17, 15) is 18.0 Å². The Labute approximate surface area is 195 Å². The van der Waals surface area contributed by atoms with Gasteiger partial charge in [-0.2, -0.15) is 4.31 Å². The third-order valence-corrected chi connectivity index (χ3v) is 8.29. The molecule has 7 nitrogen and oxygen atoms in total. The van der Waals surface area contributed by atoms with Crippen LogP contribution in [0.15, 0.2) is 47.4 Å². The average molecular weight is 470 g/mol. The van der Waals surface area contributed by atoms with Crippen molar-refractivity contribution in [3.63, 3.8) is 0 Å². The van der Waals surface area contributed by atoms with Crippen molar-refractivity contribution < 1.29 is 18.0 Å². The van der Waals surface area contributed by atoms with Crippen LogP contribution >= 0.6 is 0 Å². The smallest absolute Gasteiger partial charge is 0.243 e. The van der Waals surface area contributed by atoms with Gasteiger partial charge in [0.05, 0.1) is 10.8 Å². The molecule has 2 aliphatic heterocycles. The molecule has 2 N–H and O–H groups in total. The summed E-state index contributed by atoms with van der Waals surface area (Å²) < 4.78 is 28.1. The summed E-state index contributed by atoms with van der Waals surface area (Å²) in [6.07, 6.45) is 3.85. The van der Waals surface area contributed by atoms with Gasteiger partial charge in [0.2, 0.25) is 21.8 Å². The number of rotatable bonds is 6. The fraction of sp³-hybridized carbons (Fsp3) is 0.440. The topological polar surface area (TPSA) is 95.6 Å². The third kappa shape index (κ3) is 5.62. The van der Waals surface area contributed by atoms with Crippen molar-refractivity contribution in [3.05, 3.63) is 59.2 Å². The van der Waals surface area contributed by atoms with E-state index in [2.05, 4.69) is 34.9 Å². The summed E-state index contributed by atoms with van der Waals surface area (Å²) in [6.45, 7) is 3.16.